The molecule has 0 aliphatic carbocycles. The molecular formula is C11H15BrN2O2. The summed E-state index contributed by atoms with van der Waals surface area (Å²) in [7, 11) is 0. The molecule has 0 saturated carbocycles. The van der Waals surface area contributed by atoms with Gasteiger partial charge in [-0.15, -0.1) is 0 Å². The zero-order chi connectivity index (χ0) is 12.1. The quantitative estimate of drug-likeness (QED) is 0.798. The van der Waals surface area contributed by atoms with E-state index in [1.54, 1.807) is 6.92 Å². The summed E-state index contributed by atoms with van der Waals surface area (Å²) >= 11 is 3.37. The number of carbonyl (C=O) groups excluding carboxylic acids is 1. The fourth-order valence-electron chi connectivity index (χ4n) is 1.15. The van der Waals surface area contributed by atoms with E-state index in [0.29, 0.717) is 5.69 Å². The zero-order valence-corrected chi connectivity index (χ0v) is 10.8. The van der Waals surface area contributed by atoms with Crippen LogP contribution in [0.2, 0.25) is 0 Å². The number of hydrogen-bond acceptors (Lipinski definition) is 2. The van der Waals surface area contributed by atoms with Crippen molar-refractivity contribution in [2.45, 2.75) is 19.9 Å². The first kappa shape index (κ1) is 13.0. The van der Waals surface area contributed by atoms with Crippen molar-refractivity contribution in [2.24, 2.45) is 0 Å². The van der Waals surface area contributed by atoms with E-state index in [4.69, 9.17) is 5.11 Å². The Labute approximate surface area is 103 Å². The zero-order valence-electron chi connectivity index (χ0n) is 9.25. The fraction of sp³-hybridized carbons (Fsp3) is 0.364. The maximum absolute atomic E-state index is 11.5. The van der Waals surface area contributed by atoms with Gasteiger partial charge in [-0.1, -0.05) is 6.07 Å². The van der Waals surface area contributed by atoms with Gasteiger partial charge in [-0.25, -0.2) is 4.79 Å². The third-order valence-electron chi connectivity index (χ3n) is 2.02. The molecule has 16 heavy (non-hydrogen) atoms. The number of urea groups is 1. The second-order valence-corrected chi connectivity index (χ2v) is 4.52. The van der Waals surface area contributed by atoms with Gasteiger partial charge < -0.3 is 15.7 Å². The SMILES string of the molecule is Cc1ccc(NC(=O)N[C@H](C)CO)c(Br)c1. The van der Waals surface area contributed by atoms with Gasteiger partial charge >= 0.3 is 6.03 Å². The van der Waals surface area contributed by atoms with Crippen LogP contribution in [0.4, 0.5) is 10.5 Å². The molecule has 0 bridgehead atoms. The number of hydrogen-bond donors (Lipinski definition) is 3. The van der Waals surface area contributed by atoms with Crippen LogP contribution in [0.5, 0.6) is 0 Å². The molecule has 3 N–H and O–H groups in total. The Hall–Kier alpha value is -1.07. The van der Waals surface area contributed by atoms with Crippen LogP contribution in [-0.4, -0.2) is 23.8 Å². The average molecular weight is 287 g/mol. The lowest BCUT2D eigenvalue weighted by atomic mass is 10.2. The molecule has 1 rings (SSSR count). The molecule has 0 heterocycles. The lowest BCUT2D eigenvalue weighted by molar-refractivity contribution is 0.229. The van der Waals surface area contributed by atoms with E-state index in [-0.39, 0.29) is 18.7 Å². The molecule has 1 aromatic carbocycles. The number of aryl methyl sites for hydroxylation is 1. The van der Waals surface area contributed by atoms with Crippen LogP contribution in [0.15, 0.2) is 22.7 Å². The number of aliphatic hydroxyl groups excluding tert-OH is 1. The summed E-state index contributed by atoms with van der Waals surface area (Å²) in [6, 6.07) is 5.07. The first-order valence-corrected chi connectivity index (χ1v) is 5.76. The Morgan fingerprint density at radius 1 is 1.56 bits per heavy atom. The van der Waals surface area contributed by atoms with Crippen molar-refractivity contribution in [3.63, 3.8) is 0 Å². The Kier molecular flexibility index (Phi) is 4.76. The van der Waals surface area contributed by atoms with E-state index in [9.17, 15) is 4.79 Å². The van der Waals surface area contributed by atoms with Gasteiger partial charge in [0.15, 0.2) is 0 Å². The molecule has 4 nitrogen and oxygen atoms in total. The van der Waals surface area contributed by atoms with E-state index >= 15 is 0 Å². The van der Waals surface area contributed by atoms with Crippen molar-refractivity contribution >= 4 is 27.6 Å². The molecular weight excluding hydrogens is 272 g/mol. The van der Waals surface area contributed by atoms with E-state index in [0.717, 1.165) is 10.0 Å². The Balaban J connectivity index is 2.63. The molecule has 0 saturated heterocycles. The molecule has 88 valence electrons. The number of carbonyl (C=O) groups is 1. The van der Waals surface area contributed by atoms with Crippen molar-refractivity contribution in [2.75, 3.05) is 11.9 Å². The lowest BCUT2D eigenvalue weighted by Gasteiger charge is -2.13. The summed E-state index contributed by atoms with van der Waals surface area (Å²) in [4.78, 5) is 11.5. The minimum Gasteiger partial charge on any atom is -0.394 e. The molecule has 5 heteroatoms. The first-order valence-electron chi connectivity index (χ1n) is 4.97. The number of anilines is 1. The molecule has 0 spiro atoms. The van der Waals surface area contributed by atoms with Crippen LogP contribution in [0, 0.1) is 6.92 Å². The van der Waals surface area contributed by atoms with Crippen LogP contribution in [0.25, 0.3) is 0 Å². The van der Waals surface area contributed by atoms with Gasteiger partial charge in [-0.05, 0) is 47.5 Å². The largest absolute Gasteiger partial charge is 0.394 e. The van der Waals surface area contributed by atoms with Crippen LogP contribution in [0.1, 0.15) is 12.5 Å². The van der Waals surface area contributed by atoms with Crippen LogP contribution in [-0.2, 0) is 0 Å². The first-order chi connectivity index (χ1) is 7.52. The van der Waals surface area contributed by atoms with Gasteiger partial charge in [-0.3, -0.25) is 0 Å². The topological polar surface area (TPSA) is 61.4 Å². The van der Waals surface area contributed by atoms with Crippen molar-refractivity contribution in [1.82, 2.24) is 5.32 Å². The second-order valence-electron chi connectivity index (χ2n) is 3.67. The monoisotopic (exact) mass is 286 g/mol. The molecule has 1 aromatic rings. The minimum atomic E-state index is -0.328. The van der Waals surface area contributed by atoms with E-state index in [1.807, 2.05) is 25.1 Å². The highest BCUT2D eigenvalue weighted by atomic mass is 79.9. The molecule has 0 aliphatic heterocycles. The Morgan fingerprint density at radius 3 is 2.81 bits per heavy atom. The summed E-state index contributed by atoms with van der Waals surface area (Å²) in [5, 5.41) is 14.1. The number of halogens is 1. The van der Waals surface area contributed by atoms with E-state index in [1.165, 1.54) is 0 Å². The smallest absolute Gasteiger partial charge is 0.319 e. The van der Waals surface area contributed by atoms with Gasteiger partial charge in [0.05, 0.1) is 18.3 Å². The van der Waals surface area contributed by atoms with Crippen molar-refractivity contribution in [3.8, 4) is 0 Å². The number of aliphatic hydroxyl groups is 1. The fourth-order valence-corrected chi connectivity index (χ4v) is 1.74. The normalized spacial score (nSPS) is 12.0. The molecule has 0 aliphatic rings. The summed E-state index contributed by atoms with van der Waals surface area (Å²) in [6.07, 6.45) is 0. The number of benzene rings is 1. The highest BCUT2D eigenvalue weighted by Crippen LogP contribution is 2.23. The van der Waals surface area contributed by atoms with Gasteiger partial charge in [0, 0.05) is 4.47 Å². The third-order valence-corrected chi connectivity index (χ3v) is 2.68. The highest BCUT2D eigenvalue weighted by molar-refractivity contribution is 9.10. The van der Waals surface area contributed by atoms with Gasteiger partial charge in [0.25, 0.3) is 0 Å². The summed E-state index contributed by atoms with van der Waals surface area (Å²) in [6.45, 7) is 3.62. The number of nitrogens with one attached hydrogen (secondary N) is 2. The van der Waals surface area contributed by atoms with Crippen molar-refractivity contribution in [1.29, 1.82) is 0 Å². The van der Waals surface area contributed by atoms with E-state index in [2.05, 4.69) is 26.6 Å². The molecule has 0 unspecified atom stereocenters. The minimum absolute atomic E-state index is 0.0809. The van der Waals surface area contributed by atoms with Crippen LogP contribution in [0.3, 0.4) is 0 Å². The van der Waals surface area contributed by atoms with Crippen molar-refractivity contribution < 1.29 is 9.90 Å². The van der Waals surface area contributed by atoms with Crippen LogP contribution >= 0.6 is 15.9 Å². The Morgan fingerprint density at radius 2 is 2.25 bits per heavy atom. The molecule has 0 aromatic heterocycles. The summed E-state index contributed by atoms with van der Waals surface area (Å²) in [5.74, 6) is 0. The molecule has 0 radical (unpaired) electrons. The number of amides is 2. The summed E-state index contributed by atoms with van der Waals surface area (Å²) < 4.78 is 0.833. The molecule has 1 atom stereocenters. The lowest BCUT2D eigenvalue weighted by Crippen LogP contribution is -2.38. The maximum Gasteiger partial charge on any atom is 0.319 e. The van der Waals surface area contributed by atoms with Gasteiger partial charge in [0.1, 0.15) is 0 Å². The second kappa shape index (κ2) is 5.86. The van der Waals surface area contributed by atoms with Gasteiger partial charge in [0.2, 0.25) is 0 Å². The van der Waals surface area contributed by atoms with Crippen molar-refractivity contribution in [3.05, 3.63) is 28.2 Å². The number of rotatable bonds is 3. The predicted molar refractivity (Wildman–Crippen MR) is 67.6 cm³/mol. The average Bonchev–Trinajstić information content (AvgIpc) is 2.22. The van der Waals surface area contributed by atoms with Gasteiger partial charge in [-0.2, -0.15) is 0 Å². The highest BCUT2D eigenvalue weighted by Gasteiger charge is 2.07. The maximum atomic E-state index is 11.5. The summed E-state index contributed by atoms with van der Waals surface area (Å²) in [5.41, 5.74) is 1.81. The predicted octanol–water partition coefficient (Wildman–Crippen LogP) is 2.26. The third kappa shape index (κ3) is 3.83. The van der Waals surface area contributed by atoms with E-state index < -0.39 is 0 Å². The molecule has 0 fully saturated rings. The van der Waals surface area contributed by atoms with Crippen LogP contribution < -0.4 is 10.6 Å². The molecule has 2 amide bonds. The Bertz CT molecular complexity index is 382. The standard InChI is InChI=1S/C11H15BrN2O2/c1-7-3-4-10(9(12)5-7)14-11(16)13-8(2)6-15/h3-5,8,15H,6H2,1-2H3,(H2,13,14,16)/t8-/m1/s1.